The zero-order valence-electron chi connectivity index (χ0n) is 10.1. The Morgan fingerprint density at radius 1 is 1.17 bits per heavy atom. The third-order valence-corrected chi connectivity index (χ3v) is 3.40. The van der Waals surface area contributed by atoms with Crippen LogP contribution in [0.1, 0.15) is 12.8 Å². The number of halogens is 1. The van der Waals surface area contributed by atoms with Crippen molar-refractivity contribution in [2.75, 3.05) is 18.4 Å². The van der Waals surface area contributed by atoms with Crippen molar-refractivity contribution >= 4 is 16.6 Å². The molecule has 3 rings (SSSR count). The number of piperidine rings is 1. The Labute approximate surface area is 105 Å². The Hall–Kier alpha value is -1.68. The fourth-order valence-electron chi connectivity index (χ4n) is 2.44. The maximum atomic E-state index is 13.1. The first-order chi connectivity index (χ1) is 8.83. The summed E-state index contributed by atoms with van der Waals surface area (Å²) in [5.41, 5.74) is 1.75. The van der Waals surface area contributed by atoms with Gasteiger partial charge in [-0.3, -0.25) is 0 Å². The molecule has 18 heavy (non-hydrogen) atoms. The lowest BCUT2D eigenvalue weighted by atomic mass is 10.1. The summed E-state index contributed by atoms with van der Waals surface area (Å²) in [6, 6.07) is 9.48. The number of nitrogens with zero attached hydrogens (tertiary/aromatic N) is 1. The quantitative estimate of drug-likeness (QED) is 0.798. The number of nitrogens with one attached hydrogen (secondary N) is 2. The summed E-state index contributed by atoms with van der Waals surface area (Å²) in [5.74, 6) is -0.429. The molecule has 0 saturated carbocycles. The zero-order chi connectivity index (χ0) is 12.4. The van der Waals surface area contributed by atoms with E-state index in [9.17, 15) is 4.39 Å². The average Bonchev–Trinajstić information content (AvgIpc) is 2.40. The first kappa shape index (κ1) is 11.4. The Morgan fingerprint density at radius 2 is 2.00 bits per heavy atom. The van der Waals surface area contributed by atoms with Crippen LogP contribution in [0.2, 0.25) is 0 Å². The monoisotopic (exact) mass is 245 g/mol. The Morgan fingerprint density at radius 3 is 2.83 bits per heavy atom. The highest BCUT2D eigenvalue weighted by atomic mass is 19.1. The second-order valence-corrected chi connectivity index (χ2v) is 4.67. The molecule has 0 radical (unpaired) electrons. The van der Waals surface area contributed by atoms with Gasteiger partial charge in [-0.15, -0.1) is 0 Å². The number of hydrogen-bond acceptors (Lipinski definition) is 3. The van der Waals surface area contributed by atoms with Crippen molar-refractivity contribution in [3.05, 3.63) is 36.3 Å². The Balaban J connectivity index is 1.91. The predicted octanol–water partition coefficient (Wildman–Crippen LogP) is 2.54. The van der Waals surface area contributed by atoms with Gasteiger partial charge in [0.1, 0.15) is 0 Å². The summed E-state index contributed by atoms with van der Waals surface area (Å²) >= 11 is 0. The molecule has 1 aromatic carbocycles. The van der Waals surface area contributed by atoms with E-state index in [1.807, 2.05) is 18.2 Å². The highest BCUT2D eigenvalue weighted by molar-refractivity contribution is 5.91. The van der Waals surface area contributed by atoms with E-state index in [1.54, 1.807) is 6.07 Å². The van der Waals surface area contributed by atoms with Crippen LogP contribution in [-0.4, -0.2) is 24.1 Å². The highest BCUT2D eigenvalue weighted by Crippen LogP contribution is 2.24. The molecule has 1 saturated heterocycles. The molecule has 1 aliphatic heterocycles. The van der Waals surface area contributed by atoms with Crippen LogP contribution in [0.5, 0.6) is 0 Å². The van der Waals surface area contributed by atoms with Crippen LogP contribution in [0.3, 0.4) is 0 Å². The predicted molar refractivity (Wildman–Crippen MR) is 71.2 cm³/mol. The van der Waals surface area contributed by atoms with Crippen LogP contribution in [0.4, 0.5) is 10.1 Å². The fraction of sp³-hybridized carbons (Fsp3) is 0.357. The average molecular weight is 245 g/mol. The van der Waals surface area contributed by atoms with Crippen molar-refractivity contribution in [2.45, 2.75) is 18.9 Å². The summed E-state index contributed by atoms with van der Waals surface area (Å²) in [5, 5.41) is 7.87. The van der Waals surface area contributed by atoms with Crippen LogP contribution in [0.15, 0.2) is 30.3 Å². The van der Waals surface area contributed by atoms with Gasteiger partial charge in [-0.05, 0) is 50.2 Å². The summed E-state index contributed by atoms with van der Waals surface area (Å²) in [6.07, 6.45) is 2.23. The molecular formula is C14H16FN3. The number of fused-ring (bicyclic) bond motifs is 1. The summed E-state index contributed by atoms with van der Waals surface area (Å²) < 4.78 is 13.1. The van der Waals surface area contributed by atoms with Crippen molar-refractivity contribution in [1.82, 2.24) is 10.3 Å². The van der Waals surface area contributed by atoms with Crippen LogP contribution in [0.25, 0.3) is 10.9 Å². The molecule has 94 valence electrons. The molecule has 0 spiro atoms. The minimum atomic E-state index is -0.429. The maximum Gasteiger partial charge on any atom is 0.213 e. The van der Waals surface area contributed by atoms with E-state index in [2.05, 4.69) is 15.6 Å². The van der Waals surface area contributed by atoms with Gasteiger partial charge in [0.05, 0.1) is 5.52 Å². The minimum absolute atomic E-state index is 0.429. The van der Waals surface area contributed by atoms with Crippen LogP contribution >= 0.6 is 0 Å². The number of benzene rings is 1. The normalized spacial score (nSPS) is 16.9. The van der Waals surface area contributed by atoms with Gasteiger partial charge in [-0.2, -0.15) is 4.39 Å². The lowest BCUT2D eigenvalue weighted by molar-refractivity contribution is 0.479. The molecule has 2 N–H and O–H groups in total. The number of anilines is 1. The van der Waals surface area contributed by atoms with Crippen molar-refractivity contribution in [3.8, 4) is 0 Å². The first-order valence-corrected chi connectivity index (χ1v) is 6.35. The van der Waals surface area contributed by atoms with Crippen LogP contribution in [-0.2, 0) is 0 Å². The smallest absolute Gasteiger partial charge is 0.213 e. The van der Waals surface area contributed by atoms with Gasteiger partial charge < -0.3 is 10.6 Å². The number of pyridine rings is 1. The lowest BCUT2D eigenvalue weighted by Crippen LogP contribution is -2.35. The molecule has 0 atom stereocenters. The molecule has 0 aliphatic carbocycles. The SMILES string of the molecule is Fc1ccc2c(NC3CCNCC3)cccc2n1. The fourth-order valence-corrected chi connectivity index (χ4v) is 2.44. The molecule has 3 nitrogen and oxygen atoms in total. The van der Waals surface area contributed by atoms with Gasteiger partial charge in [0.25, 0.3) is 0 Å². The topological polar surface area (TPSA) is 37.0 Å². The van der Waals surface area contributed by atoms with Crippen molar-refractivity contribution < 1.29 is 4.39 Å². The van der Waals surface area contributed by atoms with Crippen LogP contribution < -0.4 is 10.6 Å². The zero-order valence-corrected chi connectivity index (χ0v) is 10.1. The molecule has 0 bridgehead atoms. The summed E-state index contributed by atoms with van der Waals surface area (Å²) in [4.78, 5) is 3.91. The molecule has 1 aliphatic rings. The standard InChI is InChI=1S/C14H16FN3/c15-14-5-4-11-12(2-1-3-13(11)18-14)17-10-6-8-16-9-7-10/h1-5,10,16-17H,6-9H2. The van der Waals surface area contributed by atoms with Crippen molar-refractivity contribution in [3.63, 3.8) is 0 Å². The van der Waals surface area contributed by atoms with E-state index < -0.39 is 5.95 Å². The van der Waals surface area contributed by atoms with E-state index in [0.29, 0.717) is 11.6 Å². The molecule has 1 fully saturated rings. The van der Waals surface area contributed by atoms with E-state index in [0.717, 1.165) is 37.0 Å². The van der Waals surface area contributed by atoms with Crippen LogP contribution in [0, 0.1) is 5.95 Å². The number of aromatic nitrogens is 1. The second kappa shape index (κ2) is 4.90. The number of hydrogen-bond donors (Lipinski definition) is 2. The van der Waals surface area contributed by atoms with E-state index in [4.69, 9.17) is 0 Å². The second-order valence-electron chi connectivity index (χ2n) is 4.67. The summed E-state index contributed by atoms with van der Waals surface area (Å²) in [6.45, 7) is 2.10. The summed E-state index contributed by atoms with van der Waals surface area (Å²) in [7, 11) is 0. The molecule has 0 unspecified atom stereocenters. The largest absolute Gasteiger partial charge is 0.382 e. The van der Waals surface area contributed by atoms with Gasteiger partial charge in [0.2, 0.25) is 5.95 Å². The third kappa shape index (κ3) is 2.29. The molecule has 1 aromatic heterocycles. The third-order valence-electron chi connectivity index (χ3n) is 3.40. The van der Waals surface area contributed by atoms with E-state index >= 15 is 0 Å². The van der Waals surface area contributed by atoms with Gasteiger partial charge >= 0.3 is 0 Å². The molecule has 2 heterocycles. The molecule has 2 aromatic rings. The van der Waals surface area contributed by atoms with Gasteiger partial charge in [-0.25, -0.2) is 4.98 Å². The van der Waals surface area contributed by atoms with Crippen molar-refractivity contribution in [1.29, 1.82) is 0 Å². The molecule has 4 heteroatoms. The number of rotatable bonds is 2. The van der Waals surface area contributed by atoms with Crippen molar-refractivity contribution in [2.24, 2.45) is 0 Å². The van der Waals surface area contributed by atoms with Gasteiger partial charge in [0.15, 0.2) is 0 Å². The minimum Gasteiger partial charge on any atom is -0.382 e. The van der Waals surface area contributed by atoms with E-state index in [-0.39, 0.29) is 0 Å². The molecule has 0 amide bonds. The van der Waals surface area contributed by atoms with E-state index in [1.165, 1.54) is 6.07 Å². The Kier molecular flexibility index (Phi) is 3.11. The van der Waals surface area contributed by atoms with Gasteiger partial charge in [0, 0.05) is 17.1 Å². The molecular weight excluding hydrogens is 229 g/mol. The lowest BCUT2D eigenvalue weighted by Gasteiger charge is -2.25. The first-order valence-electron chi connectivity index (χ1n) is 6.35. The highest BCUT2D eigenvalue weighted by Gasteiger charge is 2.13. The maximum absolute atomic E-state index is 13.1. The van der Waals surface area contributed by atoms with Gasteiger partial charge in [-0.1, -0.05) is 6.07 Å². The Bertz CT molecular complexity index is 550.